The predicted molar refractivity (Wildman–Crippen MR) is 97.4 cm³/mol. The fourth-order valence-electron chi connectivity index (χ4n) is 2.22. The highest BCUT2D eigenvalue weighted by Gasteiger charge is 2.25. The third kappa shape index (κ3) is 4.86. The van der Waals surface area contributed by atoms with Gasteiger partial charge in [0.1, 0.15) is 5.82 Å². The van der Waals surface area contributed by atoms with E-state index in [9.17, 15) is 14.4 Å². The van der Waals surface area contributed by atoms with E-state index in [-0.39, 0.29) is 41.4 Å². The number of carbonyl (C=O) groups excluding carboxylic acids is 2. The first-order valence-electron chi connectivity index (χ1n) is 7.36. The average Bonchev–Trinajstić information content (AvgIpc) is 2.94. The van der Waals surface area contributed by atoms with Crippen molar-refractivity contribution in [3.8, 4) is 0 Å². The Kier molecular flexibility index (Phi) is 6.26. The van der Waals surface area contributed by atoms with E-state index in [1.54, 1.807) is 6.92 Å². The van der Waals surface area contributed by atoms with Crippen molar-refractivity contribution < 1.29 is 19.5 Å². The number of anilines is 1. The molecule has 0 radical (unpaired) electrons. The smallest absolute Gasteiger partial charge is 0.413 e. The van der Waals surface area contributed by atoms with Crippen molar-refractivity contribution >= 4 is 57.0 Å². The number of carbonyl (C=O) groups is 3. The first-order valence-corrected chi connectivity index (χ1v) is 8.56. The first-order chi connectivity index (χ1) is 11.8. The normalized spacial score (nSPS) is 16.1. The number of aromatic nitrogens is 1. The fraction of sp³-hybridized carbons (Fsp3) is 0.357. The van der Waals surface area contributed by atoms with E-state index in [0.717, 1.165) is 4.90 Å². The number of amides is 3. The van der Waals surface area contributed by atoms with Gasteiger partial charge in [-0.15, -0.1) is 0 Å². The minimum absolute atomic E-state index is 0.0865. The summed E-state index contributed by atoms with van der Waals surface area (Å²) in [5.74, 6) is -0.445. The molecular formula is C14H16BrN5O4S. The summed E-state index contributed by atoms with van der Waals surface area (Å²) in [6, 6.07) is 1.22. The number of carboxylic acid groups (broad SMARTS) is 1. The van der Waals surface area contributed by atoms with Gasteiger partial charge in [0.2, 0.25) is 5.91 Å². The zero-order valence-electron chi connectivity index (χ0n) is 13.2. The molecule has 1 aliphatic heterocycles. The van der Waals surface area contributed by atoms with Crippen molar-refractivity contribution in [2.24, 2.45) is 0 Å². The second-order valence-electron chi connectivity index (χ2n) is 5.19. The molecule has 0 aromatic carbocycles. The van der Waals surface area contributed by atoms with Gasteiger partial charge in [-0.2, -0.15) is 0 Å². The SMILES string of the molecule is CCN(C(=O)O)C(=S)Nc1ncc(Br)cc1C(=O)NC1CNC(=O)C1. The van der Waals surface area contributed by atoms with Gasteiger partial charge < -0.3 is 21.1 Å². The summed E-state index contributed by atoms with van der Waals surface area (Å²) in [6.07, 6.45) is 0.454. The van der Waals surface area contributed by atoms with Crippen molar-refractivity contribution in [3.63, 3.8) is 0 Å². The van der Waals surface area contributed by atoms with Crippen molar-refractivity contribution in [1.82, 2.24) is 20.5 Å². The molecule has 1 aromatic rings. The van der Waals surface area contributed by atoms with Gasteiger partial charge in [0.05, 0.1) is 11.6 Å². The van der Waals surface area contributed by atoms with Crippen LogP contribution in [-0.4, -0.2) is 57.1 Å². The largest absolute Gasteiger partial charge is 0.465 e. The standard InChI is InChI=1S/C14H16BrN5O4S/c1-2-20(14(23)24)13(25)19-11-9(3-7(15)5-17-11)12(22)18-8-4-10(21)16-6-8/h3,5,8H,2,4,6H2,1H3,(H,16,21)(H,18,22)(H,23,24)(H,17,19,25). The Hall–Kier alpha value is -2.27. The van der Waals surface area contributed by atoms with Gasteiger partial charge in [0, 0.05) is 30.2 Å². The van der Waals surface area contributed by atoms with Crippen LogP contribution in [-0.2, 0) is 4.79 Å². The summed E-state index contributed by atoms with van der Waals surface area (Å²) in [4.78, 5) is 39.9. The lowest BCUT2D eigenvalue weighted by Crippen LogP contribution is -2.40. The topological polar surface area (TPSA) is 124 Å². The molecule has 1 fully saturated rings. The van der Waals surface area contributed by atoms with E-state index in [4.69, 9.17) is 17.3 Å². The molecule has 1 aromatic heterocycles. The number of rotatable bonds is 4. The van der Waals surface area contributed by atoms with Crippen LogP contribution < -0.4 is 16.0 Å². The summed E-state index contributed by atoms with van der Waals surface area (Å²) in [5, 5.41) is 17.1. The van der Waals surface area contributed by atoms with Crippen LogP contribution >= 0.6 is 28.1 Å². The van der Waals surface area contributed by atoms with Crippen LogP contribution in [0.3, 0.4) is 0 Å². The van der Waals surface area contributed by atoms with Gasteiger partial charge in [-0.25, -0.2) is 9.78 Å². The molecule has 134 valence electrons. The quantitative estimate of drug-likeness (QED) is 0.529. The lowest BCUT2D eigenvalue weighted by molar-refractivity contribution is -0.119. The second kappa shape index (κ2) is 8.21. The van der Waals surface area contributed by atoms with E-state index in [1.807, 2.05) is 0 Å². The number of pyridine rings is 1. The molecule has 2 rings (SSSR count). The van der Waals surface area contributed by atoms with Gasteiger partial charge in [-0.05, 0) is 41.1 Å². The van der Waals surface area contributed by atoms with Crippen LogP contribution in [0.4, 0.5) is 10.6 Å². The van der Waals surface area contributed by atoms with E-state index >= 15 is 0 Å². The molecular weight excluding hydrogens is 414 g/mol. The highest BCUT2D eigenvalue weighted by atomic mass is 79.9. The Bertz CT molecular complexity index is 729. The van der Waals surface area contributed by atoms with E-state index < -0.39 is 12.0 Å². The average molecular weight is 430 g/mol. The van der Waals surface area contributed by atoms with E-state index in [0.29, 0.717) is 11.0 Å². The third-order valence-corrected chi connectivity index (χ3v) is 4.19. The minimum atomic E-state index is -1.21. The van der Waals surface area contributed by atoms with Crippen molar-refractivity contribution in [2.45, 2.75) is 19.4 Å². The van der Waals surface area contributed by atoms with Gasteiger partial charge >= 0.3 is 6.09 Å². The monoisotopic (exact) mass is 429 g/mol. The number of halogens is 1. The molecule has 3 amide bonds. The summed E-state index contributed by atoms with van der Waals surface area (Å²) in [6.45, 7) is 2.14. The zero-order valence-corrected chi connectivity index (χ0v) is 15.6. The lowest BCUT2D eigenvalue weighted by atomic mass is 10.2. The molecule has 4 N–H and O–H groups in total. The lowest BCUT2D eigenvalue weighted by Gasteiger charge is -2.20. The van der Waals surface area contributed by atoms with Crippen LogP contribution in [0.2, 0.25) is 0 Å². The molecule has 2 heterocycles. The van der Waals surface area contributed by atoms with E-state index in [2.05, 4.69) is 36.9 Å². The van der Waals surface area contributed by atoms with Crippen LogP contribution in [0.1, 0.15) is 23.7 Å². The van der Waals surface area contributed by atoms with Crippen molar-refractivity contribution in [1.29, 1.82) is 0 Å². The molecule has 9 nitrogen and oxygen atoms in total. The van der Waals surface area contributed by atoms with Gasteiger partial charge in [0.25, 0.3) is 5.91 Å². The Morgan fingerprint density at radius 2 is 2.28 bits per heavy atom. The summed E-state index contributed by atoms with van der Waals surface area (Å²) in [5.41, 5.74) is 0.178. The molecule has 11 heteroatoms. The van der Waals surface area contributed by atoms with Crippen molar-refractivity contribution in [3.05, 3.63) is 22.3 Å². The Balaban J connectivity index is 2.19. The molecule has 1 saturated heterocycles. The summed E-state index contributed by atoms with van der Waals surface area (Å²) >= 11 is 8.31. The molecule has 0 bridgehead atoms. The molecule has 0 spiro atoms. The third-order valence-electron chi connectivity index (χ3n) is 3.43. The van der Waals surface area contributed by atoms with Crippen LogP contribution in [0.5, 0.6) is 0 Å². The second-order valence-corrected chi connectivity index (χ2v) is 6.49. The summed E-state index contributed by atoms with van der Waals surface area (Å²) in [7, 11) is 0. The van der Waals surface area contributed by atoms with E-state index in [1.165, 1.54) is 12.3 Å². The van der Waals surface area contributed by atoms with Crippen molar-refractivity contribution in [2.75, 3.05) is 18.4 Å². The number of thiocarbonyl (C=S) groups is 1. The maximum Gasteiger partial charge on any atom is 0.413 e. The predicted octanol–water partition coefficient (Wildman–Crippen LogP) is 1.16. The maximum atomic E-state index is 12.5. The maximum absolute atomic E-state index is 12.5. The fourth-order valence-corrected chi connectivity index (χ4v) is 2.85. The van der Waals surface area contributed by atoms with Crippen LogP contribution in [0, 0.1) is 0 Å². The Labute approximate surface area is 157 Å². The van der Waals surface area contributed by atoms with Gasteiger partial charge in [-0.3, -0.25) is 14.5 Å². The van der Waals surface area contributed by atoms with Gasteiger partial charge in [-0.1, -0.05) is 0 Å². The molecule has 1 atom stereocenters. The molecule has 1 aliphatic rings. The van der Waals surface area contributed by atoms with Crippen LogP contribution in [0.25, 0.3) is 0 Å². The summed E-state index contributed by atoms with van der Waals surface area (Å²) < 4.78 is 0.570. The number of hydrogen-bond acceptors (Lipinski definition) is 5. The van der Waals surface area contributed by atoms with Gasteiger partial charge in [0.15, 0.2) is 5.11 Å². The van der Waals surface area contributed by atoms with Crippen LogP contribution in [0.15, 0.2) is 16.7 Å². The first kappa shape index (κ1) is 19.1. The highest BCUT2D eigenvalue weighted by Crippen LogP contribution is 2.19. The number of hydrogen-bond donors (Lipinski definition) is 4. The zero-order chi connectivity index (χ0) is 18.6. The molecule has 1 unspecified atom stereocenters. The number of nitrogens with zero attached hydrogens (tertiary/aromatic N) is 2. The molecule has 0 aliphatic carbocycles. The Morgan fingerprint density at radius 3 is 2.84 bits per heavy atom. The number of nitrogens with one attached hydrogen (secondary N) is 3. The minimum Gasteiger partial charge on any atom is -0.465 e. The molecule has 0 saturated carbocycles. The Morgan fingerprint density at radius 1 is 1.56 bits per heavy atom. The highest BCUT2D eigenvalue weighted by molar-refractivity contribution is 9.10. The molecule has 25 heavy (non-hydrogen) atoms.